The van der Waals surface area contributed by atoms with Gasteiger partial charge in [-0.3, -0.25) is 0 Å². The van der Waals surface area contributed by atoms with Crippen molar-refractivity contribution < 1.29 is 5.11 Å². The van der Waals surface area contributed by atoms with Crippen LogP contribution in [-0.4, -0.2) is 5.11 Å². The number of rotatable bonds is 3. The van der Waals surface area contributed by atoms with Crippen LogP contribution in [-0.2, 0) is 0 Å². The maximum atomic E-state index is 9.99. The first-order valence-electron chi connectivity index (χ1n) is 5.62. The number of aliphatic hydroxyl groups excluding tert-OH is 1. The molecule has 2 saturated carbocycles. The predicted octanol–water partition coefficient (Wildman–Crippen LogP) is 3.01. The third-order valence-corrected chi connectivity index (χ3v) is 3.37. The van der Waals surface area contributed by atoms with Gasteiger partial charge in [-0.25, -0.2) is 0 Å². The van der Waals surface area contributed by atoms with E-state index in [-0.39, 0.29) is 6.10 Å². The van der Waals surface area contributed by atoms with Gasteiger partial charge in [0.25, 0.3) is 0 Å². The van der Waals surface area contributed by atoms with Crippen molar-refractivity contribution in [1.82, 2.24) is 0 Å². The standard InChI is InChI=1S/C13H16O/c14-13(10-6-7-10)12-3-1-2-11(8-12)9-4-5-9/h1-3,8-10,13-14H,4-7H2. The molecule has 0 spiro atoms. The highest BCUT2D eigenvalue weighted by Gasteiger charge is 2.31. The van der Waals surface area contributed by atoms with Crippen LogP contribution in [0.3, 0.4) is 0 Å². The summed E-state index contributed by atoms with van der Waals surface area (Å²) in [6.07, 6.45) is 4.88. The van der Waals surface area contributed by atoms with E-state index in [2.05, 4.69) is 24.3 Å². The van der Waals surface area contributed by atoms with Gasteiger partial charge in [-0.15, -0.1) is 0 Å². The summed E-state index contributed by atoms with van der Waals surface area (Å²) in [7, 11) is 0. The largest absolute Gasteiger partial charge is 0.388 e. The Morgan fingerprint density at radius 1 is 1.14 bits per heavy atom. The lowest BCUT2D eigenvalue weighted by atomic mass is 10.0. The van der Waals surface area contributed by atoms with Crippen LogP contribution < -0.4 is 0 Å². The minimum atomic E-state index is -0.200. The molecule has 2 fully saturated rings. The van der Waals surface area contributed by atoms with Crippen molar-refractivity contribution in [2.24, 2.45) is 5.92 Å². The molecule has 0 radical (unpaired) electrons. The molecule has 14 heavy (non-hydrogen) atoms. The van der Waals surface area contributed by atoms with Crippen molar-refractivity contribution >= 4 is 0 Å². The summed E-state index contributed by atoms with van der Waals surface area (Å²) in [5, 5.41) is 9.99. The second-order valence-corrected chi connectivity index (χ2v) is 4.73. The average molecular weight is 188 g/mol. The Hall–Kier alpha value is -0.820. The van der Waals surface area contributed by atoms with E-state index in [1.807, 2.05) is 0 Å². The molecule has 1 heteroatoms. The van der Waals surface area contributed by atoms with Crippen LogP contribution in [0.4, 0.5) is 0 Å². The molecule has 1 aromatic carbocycles. The quantitative estimate of drug-likeness (QED) is 0.773. The Morgan fingerprint density at radius 3 is 2.57 bits per heavy atom. The zero-order valence-electron chi connectivity index (χ0n) is 8.32. The van der Waals surface area contributed by atoms with Crippen LogP contribution in [0.25, 0.3) is 0 Å². The Labute approximate surface area is 84.8 Å². The Morgan fingerprint density at radius 2 is 1.93 bits per heavy atom. The fourth-order valence-corrected chi connectivity index (χ4v) is 2.10. The topological polar surface area (TPSA) is 20.2 Å². The molecule has 2 aliphatic rings. The molecular weight excluding hydrogens is 172 g/mol. The molecule has 3 rings (SSSR count). The molecule has 1 atom stereocenters. The SMILES string of the molecule is OC(c1cccc(C2CC2)c1)C1CC1. The second-order valence-electron chi connectivity index (χ2n) is 4.73. The lowest BCUT2D eigenvalue weighted by molar-refractivity contribution is 0.154. The first-order valence-corrected chi connectivity index (χ1v) is 5.62. The third-order valence-electron chi connectivity index (χ3n) is 3.37. The maximum absolute atomic E-state index is 9.99. The lowest BCUT2D eigenvalue weighted by Gasteiger charge is -2.10. The number of aliphatic hydroxyl groups is 1. The van der Waals surface area contributed by atoms with Crippen molar-refractivity contribution in [3.8, 4) is 0 Å². The third kappa shape index (κ3) is 1.57. The molecule has 0 saturated heterocycles. The summed E-state index contributed by atoms with van der Waals surface area (Å²) in [5.74, 6) is 1.34. The molecule has 1 N–H and O–H groups in total. The molecule has 0 amide bonds. The van der Waals surface area contributed by atoms with E-state index in [1.165, 1.54) is 31.2 Å². The molecular formula is C13H16O. The van der Waals surface area contributed by atoms with Crippen LogP contribution in [0.1, 0.15) is 48.8 Å². The highest BCUT2D eigenvalue weighted by Crippen LogP contribution is 2.44. The summed E-state index contributed by atoms with van der Waals surface area (Å²) >= 11 is 0. The maximum Gasteiger partial charge on any atom is 0.0818 e. The molecule has 0 aliphatic heterocycles. The van der Waals surface area contributed by atoms with E-state index in [1.54, 1.807) is 0 Å². The predicted molar refractivity (Wildman–Crippen MR) is 56.1 cm³/mol. The minimum Gasteiger partial charge on any atom is -0.388 e. The van der Waals surface area contributed by atoms with Crippen LogP contribution in [0.2, 0.25) is 0 Å². The number of hydrogen-bond acceptors (Lipinski definition) is 1. The van der Waals surface area contributed by atoms with Crippen molar-refractivity contribution in [2.75, 3.05) is 0 Å². The van der Waals surface area contributed by atoms with Crippen LogP contribution in [0.15, 0.2) is 24.3 Å². The summed E-state index contributed by atoms with van der Waals surface area (Å²) in [6, 6.07) is 8.56. The second kappa shape index (κ2) is 3.09. The summed E-state index contributed by atoms with van der Waals surface area (Å²) < 4.78 is 0. The lowest BCUT2D eigenvalue weighted by Crippen LogP contribution is -1.99. The Balaban J connectivity index is 1.85. The van der Waals surface area contributed by atoms with Crippen molar-refractivity contribution in [1.29, 1.82) is 0 Å². The van der Waals surface area contributed by atoms with Gasteiger partial charge >= 0.3 is 0 Å². The van der Waals surface area contributed by atoms with Gasteiger partial charge in [0, 0.05) is 0 Å². The van der Waals surface area contributed by atoms with Crippen LogP contribution in [0.5, 0.6) is 0 Å². The van der Waals surface area contributed by atoms with Gasteiger partial charge in [0.2, 0.25) is 0 Å². The molecule has 2 aliphatic carbocycles. The van der Waals surface area contributed by atoms with E-state index < -0.39 is 0 Å². The Kier molecular flexibility index (Phi) is 1.88. The first kappa shape index (κ1) is 8.49. The van der Waals surface area contributed by atoms with Gasteiger partial charge in [0.15, 0.2) is 0 Å². The van der Waals surface area contributed by atoms with Gasteiger partial charge in [-0.1, -0.05) is 24.3 Å². The van der Waals surface area contributed by atoms with Crippen molar-refractivity contribution in [3.05, 3.63) is 35.4 Å². The normalized spacial score (nSPS) is 23.5. The molecule has 1 aromatic rings. The van der Waals surface area contributed by atoms with Crippen molar-refractivity contribution in [3.63, 3.8) is 0 Å². The van der Waals surface area contributed by atoms with E-state index in [0.717, 1.165) is 11.5 Å². The van der Waals surface area contributed by atoms with Crippen molar-refractivity contribution in [2.45, 2.75) is 37.7 Å². The van der Waals surface area contributed by atoms with Gasteiger partial charge < -0.3 is 5.11 Å². The highest BCUT2D eigenvalue weighted by molar-refractivity contribution is 5.30. The highest BCUT2D eigenvalue weighted by atomic mass is 16.3. The molecule has 0 aromatic heterocycles. The fraction of sp³-hybridized carbons (Fsp3) is 0.538. The number of hydrogen-bond donors (Lipinski definition) is 1. The average Bonchev–Trinajstić information content (AvgIpc) is 3.06. The van der Waals surface area contributed by atoms with Gasteiger partial charge in [-0.05, 0) is 48.6 Å². The van der Waals surface area contributed by atoms with E-state index in [9.17, 15) is 5.11 Å². The number of benzene rings is 1. The fourth-order valence-electron chi connectivity index (χ4n) is 2.10. The van der Waals surface area contributed by atoms with Crippen LogP contribution >= 0.6 is 0 Å². The Bertz CT molecular complexity index is 337. The zero-order valence-corrected chi connectivity index (χ0v) is 8.32. The zero-order chi connectivity index (χ0) is 9.54. The van der Waals surface area contributed by atoms with Crippen LogP contribution in [0, 0.1) is 5.92 Å². The monoisotopic (exact) mass is 188 g/mol. The molecule has 0 heterocycles. The first-order chi connectivity index (χ1) is 6.84. The van der Waals surface area contributed by atoms with E-state index in [4.69, 9.17) is 0 Å². The molecule has 0 bridgehead atoms. The summed E-state index contributed by atoms with van der Waals surface area (Å²) in [5.41, 5.74) is 2.57. The molecule has 74 valence electrons. The minimum absolute atomic E-state index is 0.200. The molecule has 1 nitrogen and oxygen atoms in total. The van der Waals surface area contributed by atoms with Gasteiger partial charge in [0.05, 0.1) is 6.10 Å². The van der Waals surface area contributed by atoms with E-state index >= 15 is 0 Å². The van der Waals surface area contributed by atoms with E-state index in [0.29, 0.717) is 5.92 Å². The van der Waals surface area contributed by atoms with Gasteiger partial charge in [-0.2, -0.15) is 0 Å². The summed E-state index contributed by atoms with van der Waals surface area (Å²) in [6.45, 7) is 0. The summed E-state index contributed by atoms with van der Waals surface area (Å²) in [4.78, 5) is 0. The van der Waals surface area contributed by atoms with Gasteiger partial charge in [0.1, 0.15) is 0 Å². The molecule has 1 unspecified atom stereocenters. The smallest absolute Gasteiger partial charge is 0.0818 e.